The summed E-state index contributed by atoms with van der Waals surface area (Å²) in [6, 6.07) is 11.2. The van der Waals surface area contributed by atoms with Crippen molar-refractivity contribution in [1.29, 1.82) is 0 Å². The minimum Gasteiger partial charge on any atom is -0.435 e. The topological polar surface area (TPSA) is 71.0 Å². The molecule has 28 heavy (non-hydrogen) atoms. The lowest BCUT2D eigenvalue weighted by atomic mass is 10.1. The molecule has 2 amide bonds. The van der Waals surface area contributed by atoms with E-state index < -0.39 is 12.5 Å². The Kier molecular flexibility index (Phi) is 5.67. The Labute approximate surface area is 160 Å². The fourth-order valence-corrected chi connectivity index (χ4v) is 2.78. The van der Waals surface area contributed by atoms with Gasteiger partial charge in [-0.05, 0) is 55.3 Å². The van der Waals surface area contributed by atoms with Crippen molar-refractivity contribution in [3.8, 4) is 5.75 Å². The largest absolute Gasteiger partial charge is 0.435 e. The number of aryl methyl sites for hydroxylation is 2. The molecule has 0 aliphatic carbocycles. The van der Waals surface area contributed by atoms with Gasteiger partial charge in [0.2, 0.25) is 5.91 Å². The van der Waals surface area contributed by atoms with Crippen molar-refractivity contribution in [3.05, 3.63) is 53.6 Å². The van der Waals surface area contributed by atoms with Crippen LogP contribution in [0.3, 0.4) is 0 Å². The number of carbonyl (C=O) groups is 2. The van der Waals surface area contributed by atoms with Crippen molar-refractivity contribution in [2.75, 3.05) is 10.3 Å². The standard InChI is InChI=1S/C20H19F2N3O3/c1-12-3-4-13(2)17(11-12)25-18(26)10-9-16(24-25)19(27)23-14-5-7-15(8-6-14)28-20(21)22/h3-8,11,20H,9-10H2,1-2H3,(H,23,27). The molecule has 2 aromatic carbocycles. The first-order valence-electron chi connectivity index (χ1n) is 8.67. The normalized spacial score (nSPS) is 14.1. The molecule has 0 fully saturated rings. The fraction of sp³-hybridized carbons (Fsp3) is 0.250. The molecule has 0 unspecified atom stereocenters. The van der Waals surface area contributed by atoms with Crippen LogP contribution in [-0.2, 0) is 9.59 Å². The summed E-state index contributed by atoms with van der Waals surface area (Å²) >= 11 is 0. The predicted octanol–water partition coefficient (Wildman–Crippen LogP) is 4.03. The molecule has 8 heteroatoms. The van der Waals surface area contributed by atoms with Gasteiger partial charge in [-0.3, -0.25) is 9.59 Å². The van der Waals surface area contributed by atoms with Crippen LogP contribution in [0, 0.1) is 13.8 Å². The van der Waals surface area contributed by atoms with E-state index in [4.69, 9.17) is 0 Å². The molecule has 146 valence electrons. The highest BCUT2D eigenvalue weighted by atomic mass is 19.3. The van der Waals surface area contributed by atoms with Gasteiger partial charge in [0, 0.05) is 18.5 Å². The van der Waals surface area contributed by atoms with Gasteiger partial charge in [0.15, 0.2) is 0 Å². The monoisotopic (exact) mass is 387 g/mol. The number of nitrogens with zero attached hydrogens (tertiary/aromatic N) is 2. The van der Waals surface area contributed by atoms with Crippen molar-refractivity contribution < 1.29 is 23.1 Å². The van der Waals surface area contributed by atoms with Gasteiger partial charge in [-0.25, -0.2) is 5.01 Å². The number of hydrogen-bond acceptors (Lipinski definition) is 4. The summed E-state index contributed by atoms with van der Waals surface area (Å²) in [5.41, 5.74) is 3.12. The number of anilines is 2. The molecule has 1 heterocycles. The van der Waals surface area contributed by atoms with Gasteiger partial charge in [-0.1, -0.05) is 12.1 Å². The number of ether oxygens (including phenoxy) is 1. The van der Waals surface area contributed by atoms with Crippen LogP contribution in [0.2, 0.25) is 0 Å². The zero-order valence-electron chi connectivity index (χ0n) is 15.4. The second kappa shape index (κ2) is 8.16. The molecular formula is C20H19F2N3O3. The summed E-state index contributed by atoms with van der Waals surface area (Å²) in [6.07, 6.45) is 0.388. The van der Waals surface area contributed by atoms with Crippen LogP contribution < -0.4 is 15.1 Å². The number of alkyl halides is 2. The van der Waals surface area contributed by atoms with Crippen LogP contribution in [-0.4, -0.2) is 24.1 Å². The van der Waals surface area contributed by atoms with Crippen LogP contribution in [0.5, 0.6) is 5.75 Å². The van der Waals surface area contributed by atoms with E-state index in [1.54, 1.807) is 0 Å². The van der Waals surface area contributed by atoms with Crippen molar-refractivity contribution in [3.63, 3.8) is 0 Å². The number of nitrogens with one attached hydrogen (secondary N) is 1. The zero-order valence-corrected chi connectivity index (χ0v) is 15.4. The molecule has 3 rings (SSSR count). The highest BCUT2D eigenvalue weighted by Crippen LogP contribution is 2.26. The quantitative estimate of drug-likeness (QED) is 0.842. The van der Waals surface area contributed by atoms with Crippen LogP contribution in [0.1, 0.15) is 24.0 Å². The molecule has 0 radical (unpaired) electrons. The zero-order chi connectivity index (χ0) is 20.3. The molecule has 0 atom stereocenters. The smallest absolute Gasteiger partial charge is 0.387 e. The molecule has 1 aliphatic heterocycles. The van der Waals surface area contributed by atoms with Crippen molar-refractivity contribution in [1.82, 2.24) is 0 Å². The molecular weight excluding hydrogens is 368 g/mol. The Morgan fingerprint density at radius 1 is 1.14 bits per heavy atom. The first-order chi connectivity index (χ1) is 13.3. The van der Waals surface area contributed by atoms with Crippen molar-refractivity contribution in [2.45, 2.75) is 33.3 Å². The van der Waals surface area contributed by atoms with Crippen LogP contribution >= 0.6 is 0 Å². The lowest BCUT2D eigenvalue weighted by molar-refractivity contribution is -0.118. The minimum atomic E-state index is -2.91. The number of carbonyl (C=O) groups excluding carboxylic acids is 2. The average molecular weight is 387 g/mol. The maximum Gasteiger partial charge on any atom is 0.387 e. The Morgan fingerprint density at radius 2 is 1.86 bits per heavy atom. The third-order valence-corrected chi connectivity index (χ3v) is 4.22. The molecule has 2 aromatic rings. The van der Waals surface area contributed by atoms with E-state index in [1.165, 1.54) is 29.3 Å². The van der Waals surface area contributed by atoms with Gasteiger partial charge in [0.25, 0.3) is 5.91 Å². The third-order valence-electron chi connectivity index (χ3n) is 4.22. The van der Waals surface area contributed by atoms with Crippen molar-refractivity contribution in [2.24, 2.45) is 5.10 Å². The molecule has 1 aliphatic rings. The summed E-state index contributed by atoms with van der Waals surface area (Å²) in [4.78, 5) is 24.9. The average Bonchev–Trinajstić information content (AvgIpc) is 2.65. The van der Waals surface area contributed by atoms with E-state index in [2.05, 4.69) is 15.2 Å². The lowest BCUT2D eigenvalue weighted by Crippen LogP contribution is -2.36. The number of rotatable bonds is 5. The van der Waals surface area contributed by atoms with Gasteiger partial charge in [0.05, 0.1) is 5.69 Å². The van der Waals surface area contributed by atoms with Gasteiger partial charge in [-0.15, -0.1) is 0 Å². The molecule has 0 spiro atoms. The van der Waals surface area contributed by atoms with E-state index in [0.29, 0.717) is 11.4 Å². The minimum absolute atomic E-state index is 0.00491. The van der Waals surface area contributed by atoms with Crippen LogP contribution in [0.4, 0.5) is 20.2 Å². The van der Waals surface area contributed by atoms with E-state index in [1.807, 2.05) is 32.0 Å². The number of benzene rings is 2. The molecule has 6 nitrogen and oxygen atoms in total. The third kappa shape index (κ3) is 4.51. The SMILES string of the molecule is Cc1ccc(C)c(N2N=C(C(=O)Nc3ccc(OC(F)F)cc3)CCC2=O)c1. The summed E-state index contributed by atoms with van der Waals surface area (Å²) < 4.78 is 28.7. The van der Waals surface area contributed by atoms with E-state index in [0.717, 1.165) is 11.1 Å². The van der Waals surface area contributed by atoms with Gasteiger partial charge in [0.1, 0.15) is 11.5 Å². The summed E-state index contributed by atoms with van der Waals surface area (Å²) in [5, 5.41) is 8.17. The number of hydrogen-bond donors (Lipinski definition) is 1. The van der Waals surface area contributed by atoms with Crippen LogP contribution in [0.15, 0.2) is 47.6 Å². The fourth-order valence-electron chi connectivity index (χ4n) is 2.78. The summed E-state index contributed by atoms with van der Waals surface area (Å²) in [7, 11) is 0. The predicted molar refractivity (Wildman–Crippen MR) is 102 cm³/mol. The Hall–Kier alpha value is -3.29. The summed E-state index contributed by atoms with van der Waals surface area (Å²) in [6.45, 7) is 0.871. The van der Waals surface area contributed by atoms with Gasteiger partial charge in [-0.2, -0.15) is 13.9 Å². The molecule has 0 bridgehead atoms. The van der Waals surface area contributed by atoms with E-state index in [9.17, 15) is 18.4 Å². The van der Waals surface area contributed by atoms with Gasteiger partial charge < -0.3 is 10.1 Å². The number of amides is 2. The van der Waals surface area contributed by atoms with E-state index >= 15 is 0 Å². The Bertz CT molecular complexity index is 927. The summed E-state index contributed by atoms with van der Waals surface area (Å²) in [5.74, 6) is -0.640. The second-order valence-corrected chi connectivity index (χ2v) is 6.40. The first kappa shape index (κ1) is 19.5. The Balaban J connectivity index is 1.77. The molecule has 0 saturated heterocycles. The Morgan fingerprint density at radius 3 is 2.54 bits per heavy atom. The number of halogens is 2. The molecule has 1 N–H and O–H groups in total. The maximum atomic E-state index is 12.5. The van der Waals surface area contributed by atoms with E-state index in [-0.39, 0.29) is 30.2 Å². The maximum absolute atomic E-state index is 12.5. The number of hydrazone groups is 1. The van der Waals surface area contributed by atoms with Gasteiger partial charge >= 0.3 is 6.61 Å². The van der Waals surface area contributed by atoms with Crippen molar-refractivity contribution >= 4 is 28.9 Å². The molecule has 0 saturated carbocycles. The lowest BCUT2D eigenvalue weighted by Gasteiger charge is -2.24. The van der Waals surface area contributed by atoms with Crippen LogP contribution in [0.25, 0.3) is 0 Å². The molecule has 0 aromatic heterocycles. The first-order valence-corrected chi connectivity index (χ1v) is 8.67. The second-order valence-electron chi connectivity index (χ2n) is 6.40. The highest BCUT2D eigenvalue weighted by Gasteiger charge is 2.26. The highest BCUT2D eigenvalue weighted by molar-refractivity contribution is 6.44.